The van der Waals surface area contributed by atoms with E-state index in [-0.39, 0.29) is 12.5 Å². The molecule has 1 amide bonds. The zero-order valence-electron chi connectivity index (χ0n) is 11.4. The van der Waals surface area contributed by atoms with Crippen LogP contribution in [-0.4, -0.2) is 48.1 Å². The van der Waals surface area contributed by atoms with E-state index in [1.165, 1.54) is 6.92 Å². The lowest BCUT2D eigenvalue weighted by atomic mass is 10.1. The van der Waals surface area contributed by atoms with Gasteiger partial charge >= 0.3 is 0 Å². The maximum absolute atomic E-state index is 12.0. The first-order valence-corrected chi connectivity index (χ1v) is 6.53. The zero-order valence-corrected chi connectivity index (χ0v) is 11.4. The normalized spacial score (nSPS) is 16.9. The molecule has 6 heteroatoms. The van der Waals surface area contributed by atoms with Crippen molar-refractivity contribution in [3.8, 4) is 11.5 Å². The van der Waals surface area contributed by atoms with Gasteiger partial charge in [-0.05, 0) is 25.1 Å². The first-order valence-electron chi connectivity index (χ1n) is 6.53. The van der Waals surface area contributed by atoms with Crippen LogP contribution >= 0.6 is 0 Å². The number of carbonyl (C=O) groups excluding carboxylic acids is 1. The Kier molecular flexibility index (Phi) is 4.46. The molecule has 1 aromatic rings. The molecule has 3 N–H and O–H groups in total. The van der Waals surface area contributed by atoms with Crippen LogP contribution in [0.15, 0.2) is 18.2 Å². The number of aliphatic hydroxyl groups excluding tert-OH is 1. The highest BCUT2D eigenvalue weighted by molar-refractivity contribution is 5.94. The third-order valence-electron chi connectivity index (χ3n) is 2.98. The molecule has 1 atom stereocenters. The molecule has 0 aromatic heterocycles. The van der Waals surface area contributed by atoms with Crippen LogP contribution in [0.5, 0.6) is 11.5 Å². The molecule has 1 aliphatic heterocycles. The van der Waals surface area contributed by atoms with E-state index < -0.39 is 12.2 Å². The number of aliphatic hydroxyl groups is 2. The summed E-state index contributed by atoms with van der Waals surface area (Å²) in [5.74, 6) is 0.833. The van der Waals surface area contributed by atoms with Gasteiger partial charge in [-0.25, -0.2) is 0 Å². The number of carbonyl (C=O) groups is 1. The summed E-state index contributed by atoms with van der Waals surface area (Å²) in [6, 6.07) is 4.94. The van der Waals surface area contributed by atoms with Crippen LogP contribution in [-0.2, 0) is 0 Å². The number of amides is 1. The van der Waals surface area contributed by atoms with Crippen LogP contribution in [0.1, 0.15) is 23.7 Å². The van der Waals surface area contributed by atoms with E-state index in [1.54, 1.807) is 18.2 Å². The number of hydrogen-bond donors (Lipinski definition) is 3. The predicted molar refractivity (Wildman–Crippen MR) is 72.1 cm³/mol. The van der Waals surface area contributed by atoms with E-state index in [2.05, 4.69) is 5.32 Å². The second kappa shape index (κ2) is 6.11. The molecule has 0 saturated carbocycles. The van der Waals surface area contributed by atoms with Gasteiger partial charge in [0.25, 0.3) is 5.91 Å². The van der Waals surface area contributed by atoms with Crippen LogP contribution in [0.4, 0.5) is 0 Å². The van der Waals surface area contributed by atoms with Crippen LogP contribution < -0.4 is 14.8 Å². The van der Waals surface area contributed by atoms with Crippen molar-refractivity contribution in [2.24, 2.45) is 0 Å². The Balaban J connectivity index is 2.05. The van der Waals surface area contributed by atoms with E-state index in [0.717, 1.165) is 6.42 Å². The Labute approximate surface area is 117 Å². The molecule has 2 rings (SSSR count). The average molecular weight is 281 g/mol. The highest BCUT2D eigenvalue weighted by atomic mass is 16.5. The summed E-state index contributed by atoms with van der Waals surface area (Å²) in [5, 5.41) is 21.1. The minimum Gasteiger partial charge on any atom is -0.490 e. The summed E-state index contributed by atoms with van der Waals surface area (Å²) in [6.45, 7) is 2.14. The van der Waals surface area contributed by atoms with Gasteiger partial charge in [0.1, 0.15) is 5.60 Å². The highest BCUT2D eigenvalue weighted by Gasteiger charge is 2.21. The molecule has 1 aromatic carbocycles. The quantitative estimate of drug-likeness (QED) is 0.740. The van der Waals surface area contributed by atoms with Gasteiger partial charge in [0.15, 0.2) is 11.5 Å². The van der Waals surface area contributed by atoms with Crippen molar-refractivity contribution in [1.29, 1.82) is 0 Å². The van der Waals surface area contributed by atoms with Gasteiger partial charge in [-0.1, -0.05) is 0 Å². The van der Waals surface area contributed by atoms with Gasteiger partial charge < -0.3 is 25.0 Å². The molecule has 0 aliphatic carbocycles. The fraction of sp³-hybridized carbons (Fsp3) is 0.500. The van der Waals surface area contributed by atoms with Crippen LogP contribution in [0.3, 0.4) is 0 Å². The summed E-state index contributed by atoms with van der Waals surface area (Å²) in [5.41, 5.74) is -0.913. The monoisotopic (exact) mass is 281 g/mol. The lowest BCUT2D eigenvalue weighted by Crippen LogP contribution is -2.43. The Morgan fingerprint density at radius 3 is 2.75 bits per heavy atom. The van der Waals surface area contributed by atoms with Crippen LogP contribution in [0, 0.1) is 0 Å². The van der Waals surface area contributed by atoms with Gasteiger partial charge in [-0.15, -0.1) is 0 Å². The molecule has 0 saturated heterocycles. The average Bonchev–Trinajstić information content (AvgIpc) is 2.69. The molecule has 1 aliphatic rings. The molecule has 0 spiro atoms. The zero-order chi connectivity index (χ0) is 14.6. The SMILES string of the molecule is CC(O)(CO)CNC(=O)c1ccc2c(c1)OCCCO2. The van der Waals surface area contributed by atoms with Crippen LogP contribution in [0.25, 0.3) is 0 Å². The summed E-state index contributed by atoms with van der Waals surface area (Å²) in [7, 11) is 0. The molecule has 110 valence electrons. The third kappa shape index (κ3) is 3.61. The lowest BCUT2D eigenvalue weighted by Gasteiger charge is -2.20. The number of ether oxygens (including phenoxy) is 2. The predicted octanol–water partition coefficient (Wildman–Crippen LogP) is 0.321. The van der Waals surface area contributed by atoms with E-state index >= 15 is 0 Å². The largest absolute Gasteiger partial charge is 0.490 e. The number of benzene rings is 1. The second-order valence-electron chi connectivity index (χ2n) is 5.05. The number of rotatable bonds is 4. The van der Waals surface area contributed by atoms with Crippen molar-refractivity contribution in [3.05, 3.63) is 23.8 Å². The summed E-state index contributed by atoms with van der Waals surface area (Å²) in [6.07, 6.45) is 0.801. The minimum atomic E-state index is -1.33. The Hall–Kier alpha value is -1.79. The number of fused-ring (bicyclic) bond motifs is 1. The van der Waals surface area contributed by atoms with Crippen molar-refractivity contribution in [1.82, 2.24) is 5.32 Å². The molecule has 1 heterocycles. The Morgan fingerprint density at radius 1 is 1.35 bits per heavy atom. The molecule has 0 fully saturated rings. The first kappa shape index (κ1) is 14.6. The topological polar surface area (TPSA) is 88.0 Å². The van der Waals surface area contributed by atoms with Crippen LogP contribution in [0.2, 0.25) is 0 Å². The third-order valence-corrected chi connectivity index (χ3v) is 2.98. The van der Waals surface area contributed by atoms with Gasteiger partial charge in [-0.3, -0.25) is 4.79 Å². The molecule has 1 unspecified atom stereocenters. The summed E-state index contributed by atoms with van der Waals surface area (Å²) in [4.78, 5) is 12.0. The minimum absolute atomic E-state index is 0.0310. The van der Waals surface area contributed by atoms with Crippen molar-refractivity contribution in [2.75, 3.05) is 26.4 Å². The van der Waals surface area contributed by atoms with E-state index in [9.17, 15) is 9.90 Å². The molecule has 20 heavy (non-hydrogen) atoms. The second-order valence-corrected chi connectivity index (χ2v) is 5.05. The smallest absolute Gasteiger partial charge is 0.251 e. The standard InChI is InChI=1S/C14H19NO5/c1-14(18,9-16)8-15-13(17)10-3-4-11-12(7-10)20-6-2-5-19-11/h3-4,7,16,18H,2,5-6,8-9H2,1H3,(H,15,17). The fourth-order valence-corrected chi connectivity index (χ4v) is 1.73. The maximum atomic E-state index is 12.0. The van der Waals surface area contributed by atoms with Gasteiger partial charge in [0, 0.05) is 18.5 Å². The van der Waals surface area contributed by atoms with E-state index in [0.29, 0.717) is 30.3 Å². The van der Waals surface area contributed by atoms with Gasteiger partial charge in [-0.2, -0.15) is 0 Å². The van der Waals surface area contributed by atoms with Crippen molar-refractivity contribution >= 4 is 5.91 Å². The number of hydrogen-bond acceptors (Lipinski definition) is 5. The number of nitrogens with one attached hydrogen (secondary N) is 1. The molecule has 0 bridgehead atoms. The van der Waals surface area contributed by atoms with Gasteiger partial charge in [0.05, 0.1) is 19.8 Å². The maximum Gasteiger partial charge on any atom is 0.251 e. The fourth-order valence-electron chi connectivity index (χ4n) is 1.73. The van der Waals surface area contributed by atoms with E-state index in [1.807, 2.05) is 0 Å². The van der Waals surface area contributed by atoms with Crippen molar-refractivity contribution < 1.29 is 24.5 Å². The Morgan fingerprint density at radius 2 is 2.05 bits per heavy atom. The molecule has 0 radical (unpaired) electrons. The van der Waals surface area contributed by atoms with E-state index in [4.69, 9.17) is 14.6 Å². The molecular weight excluding hydrogens is 262 g/mol. The lowest BCUT2D eigenvalue weighted by molar-refractivity contribution is 0.00320. The molecule has 6 nitrogen and oxygen atoms in total. The Bertz CT molecular complexity index is 486. The van der Waals surface area contributed by atoms with Crippen molar-refractivity contribution in [3.63, 3.8) is 0 Å². The first-order chi connectivity index (χ1) is 9.52. The summed E-state index contributed by atoms with van der Waals surface area (Å²) < 4.78 is 11.0. The van der Waals surface area contributed by atoms with Gasteiger partial charge in [0.2, 0.25) is 0 Å². The molecular formula is C14H19NO5. The summed E-state index contributed by atoms with van der Waals surface area (Å²) >= 11 is 0. The van der Waals surface area contributed by atoms with Crippen molar-refractivity contribution in [2.45, 2.75) is 18.9 Å². The highest BCUT2D eigenvalue weighted by Crippen LogP contribution is 2.30.